The number of hydrogen-bond acceptors (Lipinski definition) is 3. The summed E-state index contributed by atoms with van der Waals surface area (Å²) < 4.78 is 13.1. The van der Waals surface area contributed by atoms with Gasteiger partial charge < -0.3 is 15.2 Å². The zero-order chi connectivity index (χ0) is 14.1. The molecule has 2 aromatic rings. The molecule has 1 atom stereocenters. The minimum Gasteiger partial charge on any atom is -0.486 e. The molecule has 1 unspecified atom stereocenters. The monoisotopic (exact) mass is 397 g/mol. The largest absolute Gasteiger partial charge is 0.486 e. The van der Waals surface area contributed by atoms with E-state index in [0.717, 1.165) is 31.6 Å². The van der Waals surface area contributed by atoms with Crippen LogP contribution in [0.25, 0.3) is 0 Å². The van der Waals surface area contributed by atoms with Gasteiger partial charge in [0.25, 0.3) is 0 Å². The second kappa shape index (κ2) is 5.76. The Labute approximate surface area is 134 Å². The lowest BCUT2D eigenvalue weighted by Gasteiger charge is -2.22. The van der Waals surface area contributed by atoms with Crippen LogP contribution in [-0.4, -0.2) is 13.2 Å². The minimum absolute atomic E-state index is 0.215. The number of nitrogens with two attached hydrogens (primary N) is 1. The normalized spacial score (nSPS) is 14.9. The SMILES string of the molecule is NC(c1ccc(Br)cc1)c1cc2c(cc1Br)OCCO2. The molecule has 3 nitrogen and oxygen atoms in total. The fourth-order valence-corrected chi connectivity index (χ4v) is 3.00. The van der Waals surface area contributed by atoms with Crippen molar-refractivity contribution in [2.75, 3.05) is 13.2 Å². The van der Waals surface area contributed by atoms with Crippen LogP contribution in [0.1, 0.15) is 17.2 Å². The van der Waals surface area contributed by atoms with Gasteiger partial charge in [-0.15, -0.1) is 0 Å². The maximum atomic E-state index is 6.36. The van der Waals surface area contributed by atoms with Gasteiger partial charge in [0, 0.05) is 8.95 Å². The van der Waals surface area contributed by atoms with Crippen LogP contribution in [0.3, 0.4) is 0 Å². The molecule has 0 amide bonds. The molecule has 0 aliphatic carbocycles. The Bertz CT molecular complexity index is 629. The lowest BCUT2D eigenvalue weighted by atomic mass is 9.99. The number of hydrogen-bond donors (Lipinski definition) is 1. The van der Waals surface area contributed by atoms with Crippen molar-refractivity contribution >= 4 is 31.9 Å². The highest BCUT2D eigenvalue weighted by Gasteiger charge is 2.19. The molecule has 0 aromatic heterocycles. The molecule has 2 N–H and O–H groups in total. The Balaban J connectivity index is 1.98. The lowest BCUT2D eigenvalue weighted by Crippen LogP contribution is -2.17. The van der Waals surface area contributed by atoms with Crippen molar-refractivity contribution in [3.8, 4) is 11.5 Å². The summed E-state index contributed by atoms with van der Waals surface area (Å²) in [6.07, 6.45) is 0. The van der Waals surface area contributed by atoms with Gasteiger partial charge in [-0.05, 0) is 35.4 Å². The second-order valence-corrected chi connectivity index (χ2v) is 6.32. The molecule has 0 saturated heterocycles. The van der Waals surface area contributed by atoms with Crippen molar-refractivity contribution in [2.24, 2.45) is 5.73 Å². The van der Waals surface area contributed by atoms with Gasteiger partial charge in [-0.1, -0.05) is 44.0 Å². The molecule has 2 aromatic carbocycles. The van der Waals surface area contributed by atoms with Crippen LogP contribution in [-0.2, 0) is 0 Å². The summed E-state index contributed by atoms with van der Waals surface area (Å²) in [7, 11) is 0. The molecule has 0 bridgehead atoms. The molecule has 1 aliphatic heterocycles. The minimum atomic E-state index is -0.215. The first-order valence-corrected chi connectivity index (χ1v) is 7.84. The highest BCUT2D eigenvalue weighted by atomic mass is 79.9. The predicted molar refractivity (Wildman–Crippen MR) is 85.3 cm³/mol. The van der Waals surface area contributed by atoms with Gasteiger partial charge in [-0.25, -0.2) is 0 Å². The molecule has 3 rings (SSSR count). The van der Waals surface area contributed by atoms with Crippen LogP contribution in [0.5, 0.6) is 11.5 Å². The van der Waals surface area contributed by atoms with Gasteiger partial charge in [-0.3, -0.25) is 0 Å². The summed E-state index contributed by atoms with van der Waals surface area (Å²) in [6.45, 7) is 1.15. The third-order valence-electron chi connectivity index (χ3n) is 3.23. The van der Waals surface area contributed by atoms with E-state index >= 15 is 0 Å². The topological polar surface area (TPSA) is 44.5 Å². The third kappa shape index (κ3) is 2.71. The van der Waals surface area contributed by atoms with Crippen LogP contribution < -0.4 is 15.2 Å². The van der Waals surface area contributed by atoms with E-state index in [-0.39, 0.29) is 6.04 Å². The Morgan fingerprint density at radius 3 is 2.20 bits per heavy atom. The Morgan fingerprint density at radius 1 is 0.950 bits per heavy atom. The maximum absolute atomic E-state index is 6.36. The molecular formula is C15H13Br2NO2. The lowest BCUT2D eigenvalue weighted by molar-refractivity contribution is 0.171. The third-order valence-corrected chi connectivity index (χ3v) is 4.44. The fourth-order valence-electron chi connectivity index (χ4n) is 2.17. The smallest absolute Gasteiger partial charge is 0.162 e. The number of ether oxygens (including phenoxy) is 2. The molecule has 1 heterocycles. The van der Waals surface area contributed by atoms with Crippen LogP contribution in [0.15, 0.2) is 45.3 Å². The van der Waals surface area contributed by atoms with Gasteiger partial charge in [0.1, 0.15) is 13.2 Å². The van der Waals surface area contributed by atoms with Crippen molar-refractivity contribution in [2.45, 2.75) is 6.04 Å². The summed E-state index contributed by atoms with van der Waals surface area (Å²) in [5, 5.41) is 0. The van der Waals surface area contributed by atoms with E-state index in [2.05, 4.69) is 31.9 Å². The molecule has 0 saturated carbocycles. The van der Waals surface area contributed by atoms with Crippen LogP contribution in [0.2, 0.25) is 0 Å². The Morgan fingerprint density at radius 2 is 1.55 bits per heavy atom. The molecule has 0 radical (unpaired) electrons. The molecule has 5 heteroatoms. The highest BCUT2D eigenvalue weighted by molar-refractivity contribution is 9.10. The van der Waals surface area contributed by atoms with E-state index in [1.54, 1.807) is 0 Å². The van der Waals surface area contributed by atoms with Crippen molar-refractivity contribution in [1.82, 2.24) is 0 Å². The number of fused-ring (bicyclic) bond motifs is 1. The van der Waals surface area contributed by atoms with Crippen molar-refractivity contribution in [3.63, 3.8) is 0 Å². The van der Waals surface area contributed by atoms with Crippen molar-refractivity contribution in [1.29, 1.82) is 0 Å². The van der Waals surface area contributed by atoms with Crippen LogP contribution >= 0.6 is 31.9 Å². The summed E-state index contributed by atoms with van der Waals surface area (Å²) >= 11 is 6.99. The first kappa shape index (κ1) is 13.9. The maximum Gasteiger partial charge on any atom is 0.162 e. The average molecular weight is 399 g/mol. The fraction of sp³-hybridized carbons (Fsp3) is 0.200. The van der Waals surface area contributed by atoms with Gasteiger partial charge in [0.05, 0.1) is 6.04 Å². The molecule has 104 valence electrons. The molecule has 0 spiro atoms. The van der Waals surface area contributed by atoms with E-state index in [4.69, 9.17) is 15.2 Å². The molecule has 20 heavy (non-hydrogen) atoms. The first-order valence-electron chi connectivity index (χ1n) is 6.25. The van der Waals surface area contributed by atoms with Gasteiger partial charge in [0.2, 0.25) is 0 Å². The summed E-state index contributed by atoms with van der Waals surface area (Å²) in [5.41, 5.74) is 8.39. The van der Waals surface area contributed by atoms with Crippen molar-refractivity contribution in [3.05, 3.63) is 56.5 Å². The quantitative estimate of drug-likeness (QED) is 0.830. The Hall–Kier alpha value is -1.04. The van der Waals surface area contributed by atoms with Gasteiger partial charge in [0.15, 0.2) is 11.5 Å². The Kier molecular flexibility index (Phi) is 4.01. The molecule has 1 aliphatic rings. The average Bonchev–Trinajstić information content (AvgIpc) is 2.46. The van der Waals surface area contributed by atoms with Gasteiger partial charge >= 0.3 is 0 Å². The zero-order valence-corrected chi connectivity index (χ0v) is 13.8. The van der Waals surface area contributed by atoms with E-state index in [9.17, 15) is 0 Å². The number of rotatable bonds is 2. The number of halogens is 2. The summed E-state index contributed by atoms with van der Waals surface area (Å²) in [4.78, 5) is 0. The predicted octanol–water partition coefficient (Wildman–Crippen LogP) is 4.03. The molecule has 0 fully saturated rings. The number of benzene rings is 2. The van der Waals surface area contributed by atoms with Gasteiger partial charge in [-0.2, -0.15) is 0 Å². The van der Waals surface area contributed by atoms with E-state index in [1.165, 1.54) is 0 Å². The highest BCUT2D eigenvalue weighted by Crippen LogP contribution is 2.38. The van der Waals surface area contributed by atoms with Crippen molar-refractivity contribution < 1.29 is 9.47 Å². The van der Waals surface area contributed by atoms with E-state index in [0.29, 0.717) is 13.2 Å². The standard InChI is InChI=1S/C15H13Br2NO2/c16-10-3-1-9(2-4-10)15(18)11-7-13-14(8-12(11)17)20-6-5-19-13/h1-4,7-8,15H,5-6,18H2. The summed E-state index contributed by atoms with van der Waals surface area (Å²) in [6, 6.07) is 11.7. The van der Waals surface area contributed by atoms with E-state index in [1.807, 2.05) is 36.4 Å². The second-order valence-electron chi connectivity index (χ2n) is 4.55. The van der Waals surface area contributed by atoms with Crippen LogP contribution in [0, 0.1) is 0 Å². The first-order chi connectivity index (χ1) is 9.65. The zero-order valence-electron chi connectivity index (χ0n) is 10.6. The van der Waals surface area contributed by atoms with E-state index < -0.39 is 0 Å². The molecular weight excluding hydrogens is 386 g/mol. The van der Waals surface area contributed by atoms with Crippen LogP contribution in [0.4, 0.5) is 0 Å². The summed E-state index contributed by atoms with van der Waals surface area (Å²) in [5.74, 6) is 1.51.